The van der Waals surface area contributed by atoms with Gasteiger partial charge in [0.25, 0.3) is 0 Å². The summed E-state index contributed by atoms with van der Waals surface area (Å²) in [7, 11) is 0. The zero-order valence-corrected chi connectivity index (χ0v) is 11.3. The molecule has 2 heteroatoms. The van der Waals surface area contributed by atoms with E-state index in [1.54, 1.807) is 5.57 Å². The third-order valence-electron chi connectivity index (χ3n) is 3.04. The zero-order valence-electron chi connectivity index (χ0n) is 11.3. The molecule has 1 aliphatic rings. The van der Waals surface area contributed by atoms with E-state index in [1.807, 2.05) is 0 Å². The van der Waals surface area contributed by atoms with E-state index in [0.717, 1.165) is 32.1 Å². The first-order valence-corrected chi connectivity index (χ1v) is 6.53. The Hall–Kier alpha value is -0.340. The van der Waals surface area contributed by atoms with Crippen molar-refractivity contribution in [2.45, 2.75) is 52.5 Å². The van der Waals surface area contributed by atoms with Gasteiger partial charge in [-0.15, -0.1) is 0 Å². The molecular weight excluding hydrogens is 198 g/mol. The Morgan fingerprint density at radius 2 is 1.94 bits per heavy atom. The van der Waals surface area contributed by atoms with E-state index in [4.69, 9.17) is 4.74 Å². The van der Waals surface area contributed by atoms with Gasteiger partial charge in [-0.05, 0) is 46.0 Å². The minimum absolute atomic E-state index is 0.212. The molecule has 1 N–H and O–H groups in total. The van der Waals surface area contributed by atoms with Crippen molar-refractivity contribution < 1.29 is 4.74 Å². The van der Waals surface area contributed by atoms with Crippen LogP contribution in [0.25, 0.3) is 0 Å². The highest BCUT2D eigenvalue weighted by Crippen LogP contribution is 2.19. The molecule has 1 fully saturated rings. The molecule has 0 radical (unpaired) electrons. The minimum atomic E-state index is 0.212. The number of nitrogens with one attached hydrogen (secondary N) is 1. The zero-order chi connectivity index (χ0) is 12.0. The Kier molecular flexibility index (Phi) is 5.50. The van der Waals surface area contributed by atoms with Crippen LogP contribution < -0.4 is 5.32 Å². The van der Waals surface area contributed by atoms with Crippen LogP contribution in [0.1, 0.15) is 47.0 Å². The van der Waals surface area contributed by atoms with Crippen molar-refractivity contribution in [3.63, 3.8) is 0 Å². The van der Waals surface area contributed by atoms with E-state index in [1.165, 1.54) is 12.8 Å². The standard InChI is InChI=1S/C14H27NO/c1-5-12(11-15-14(2,3)4)10-13-6-8-16-9-7-13/h10,13,15H,5-9,11H2,1-4H3. The summed E-state index contributed by atoms with van der Waals surface area (Å²) in [5.74, 6) is 0.741. The molecule has 0 spiro atoms. The van der Waals surface area contributed by atoms with Gasteiger partial charge in [-0.2, -0.15) is 0 Å². The molecule has 0 aliphatic carbocycles. The summed E-state index contributed by atoms with van der Waals surface area (Å²) in [6.07, 6.45) is 6.01. The number of hydrogen-bond acceptors (Lipinski definition) is 2. The molecule has 0 aromatic carbocycles. The number of hydrogen-bond donors (Lipinski definition) is 1. The normalized spacial score (nSPS) is 20.1. The predicted octanol–water partition coefficient (Wildman–Crippen LogP) is 3.14. The Morgan fingerprint density at radius 3 is 2.44 bits per heavy atom. The second-order valence-corrected chi connectivity index (χ2v) is 5.73. The van der Waals surface area contributed by atoms with Crippen molar-refractivity contribution in [3.05, 3.63) is 11.6 Å². The lowest BCUT2D eigenvalue weighted by molar-refractivity contribution is 0.0783. The highest BCUT2D eigenvalue weighted by molar-refractivity contribution is 5.07. The van der Waals surface area contributed by atoms with Crippen LogP contribution in [0.15, 0.2) is 11.6 Å². The lowest BCUT2D eigenvalue weighted by Crippen LogP contribution is -2.37. The molecule has 94 valence electrons. The second kappa shape index (κ2) is 6.41. The summed E-state index contributed by atoms with van der Waals surface area (Å²) in [4.78, 5) is 0. The molecule has 0 bridgehead atoms. The monoisotopic (exact) mass is 225 g/mol. The Bertz CT molecular complexity index is 221. The quantitative estimate of drug-likeness (QED) is 0.742. The molecule has 1 aliphatic heterocycles. The third-order valence-corrected chi connectivity index (χ3v) is 3.04. The second-order valence-electron chi connectivity index (χ2n) is 5.73. The molecule has 0 atom stereocenters. The molecule has 16 heavy (non-hydrogen) atoms. The molecule has 0 aromatic rings. The summed E-state index contributed by atoms with van der Waals surface area (Å²) < 4.78 is 5.38. The van der Waals surface area contributed by atoms with E-state index in [-0.39, 0.29) is 5.54 Å². The van der Waals surface area contributed by atoms with Crippen LogP contribution in [0.3, 0.4) is 0 Å². The lowest BCUT2D eigenvalue weighted by atomic mass is 9.96. The number of allylic oxidation sites excluding steroid dienone is 1. The van der Waals surface area contributed by atoms with Gasteiger partial charge < -0.3 is 10.1 Å². The number of ether oxygens (including phenoxy) is 1. The van der Waals surface area contributed by atoms with Gasteiger partial charge in [-0.25, -0.2) is 0 Å². The highest BCUT2D eigenvalue weighted by atomic mass is 16.5. The van der Waals surface area contributed by atoms with Gasteiger partial charge in [0.1, 0.15) is 0 Å². The van der Waals surface area contributed by atoms with Gasteiger partial charge >= 0.3 is 0 Å². The third kappa shape index (κ3) is 5.66. The Labute approximate surface area is 100 Å². The molecular formula is C14H27NO. The van der Waals surface area contributed by atoms with Gasteiger partial charge in [0.15, 0.2) is 0 Å². The molecule has 0 saturated carbocycles. The Morgan fingerprint density at radius 1 is 1.31 bits per heavy atom. The first-order valence-electron chi connectivity index (χ1n) is 6.53. The maximum Gasteiger partial charge on any atom is 0.0471 e. The summed E-state index contributed by atoms with van der Waals surface area (Å²) in [5, 5.41) is 3.56. The topological polar surface area (TPSA) is 21.3 Å². The smallest absolute Gasteiger partial charge is 0.0471 e. The Balaban J connectivity index is 2.42. The molecule has 1 saturated heterocycles. The fourth-order valence-corrected chi connectivity index (χ4v) is 1.90. The van der Waals surface area contributed by atoms with E-state index >= 15 is 0 Å². The van der Waals surface area contributed by atoms with E-state index in [9.17, 15) is 0 Å². The van der Waals surface area contributed by atoms with Crippen LogP contribution in [-0.2, 0) is 4.74 Å². The van der Waals surface area contributed by atoms with Gasteiger partial charge in [0.05, 0.1) is 0 Å². The van der Waals surface area contributed by atoms with Crippen LogP contribution in [0.4, 0.5) is 0 Å². The maximum atomic E-state index is 5.38. The van der Waals surface area contributed by atoms with Crippen molar-refractivity contribution in [2.75, 3.05) is 19.8 Å². The van der Waals surface area contributed by atoms with Crippen LogP contribution in [-0.4, -0.2) is 25.3 Å². The van der Waals surface area contributed by atoms with E-state index in [2.05, 4.69) is 39.1 Å². The summed E-state index contributed by atoms with van der Waals surface area (Å²) >= 11 is 0. The molecule has 0 amide bonds. The molecule has 1 heterocycles. The molecule has 1 rings (SSSR count). The van der Waals surface area contributed by atoms with Crippen LogP contribution >= 0.6 is 0 Å². The fourth-order valence-electron chi connectivity index (χ4n) is 1.90. The largest absolute Gasteiger partial charge is 0.381 e. The minimum Gasteiger partial charge on any atom is -0.381 e. The van der Waals surface area contributed by atoms with Gasteiger partial charge in [-0.1, -0.05) is 18.6 Å². The van der Waals surface area contributed by atoms with Crippen molar-refractivity contribution in [1.82, 2.24) is 5.32 Å². The lowest BCUT2D eigenvalue weighted by Gasteiger charge is -2.23. The summed E-state index contributed by atoms with van der Waals surface area (Å²) in [6, 6.07) is 0. The van der Waals surface area contributed by atoms with E-state index in [0.29, 0.717) is 0 Å². The van der Waals surface area contributed by atoms with Crippen molar-refractivity contribution in [1.29, 1.82) is 0 Å². The first-order chi connectivity index (χ1) is 7.51. The average molecular weight is 225 g/mol. The predicted molar refractivity (Wildman–Crippen MR) is 69.7 cm³/mol. The SMILES string of the molecule is CCC(=CC1CCOCC1)CNC(C)(C)C. The average Bonchev–Trinajstić information content (AvgIpc) is 2.24. The van der Waals surface area contributed by atoms with Crippen molar-refractivity contribution in [3.8, 4) is 0 Å². The number of rotatable bonds is 4. The van der Waals surface area contributed by atoms with E-state index < -0.39 is 0 Å². The van der Waals surface area contributed by atoms with Gasteiger partial charge in [0.2, 0.25) is 0 Å². The van der Waals surface area contributed by atoms with Crippen LogP contribution in [0, 0.1) is 5.92 Å². The van der Waals surface area contributed by atoms with Gasteiger partial charge in [-0.3, -0.25) is 0 Å². The first kappa shape index (κ1) is 13.7. The fraction of sp³-hybridized carbons (Fsp3) is 0.857. The molecule has 0 unspecified atom stereocenters. The molecule has 0 aromatic heterocycles. The van der Waals surface area contributed by atoms with Crippen molar-refractivity contribution in [2.24, 2.45) is 5.92 Å². The molecule has 2 nitrogen and oxygen atoms in total. The summed E-state index contributed by atoms with van der Waals surface area (Å²) in [6.45, 7) is 11.8. The van der Waals surface area contributed by atoms with Gasteiger partial charge in [0, 0.05) is 25.3 Å². The highest BCUT2D eigenvalue weighted by Gasteiger charge is 2.13. The van der Waals surface area contributed by atoms with Crippen LogP contribution in [0.5, 0.6) is 0 Å². The van der Waals surface area contributed by atoms with Crippen molar-refractivity contribution >= 4 is 0 Å². The van der Waals surface area contributed by atoms with Crippen LogP contribution in [0.2, 0.25) is 0 Å². The summed E-state index contributed by atoms with van der Waals surface area (Å²) in [5.41, 5.74) is 1.76. The maximum absolute atomic E-state index is 5.38.